The second kappa shape index (κ2) is 10.1. The summed E-state index contributed by atoms with van der Waals surface area (Å²) in [5, 5.41) is 0. The lowest BCUT2D eigenvalue weighted by Gasteiger charge is -2.09. The largest absolute Gasteiger partial charge is 0.494 e. The molecule has 0 spiro atoms. The van der Waals surface area contributed by atoms with Gasteiger partial charge in [0.1, 0.15) is 11.5 Å². The molecule has 5 nitrogen and oxygen atoms in total. The lowest BCUT2D eigenvalue weighted by molar-refractivity contribution is -0.119. The second-order valence-electron chi connectivity index (χ2n) is 6.47. The lowest BCUT2D eigenvalue weighted by atomic mass is 10.1. The summed E-state index contributed by atoms with van der Waals surface area (Å²) in [7, 11) is 0. The molecule has 0 fully saturated rings. The molecule has 0 aliphatic rings. The van der Waals surface area contributed by atoms with Gasteiger partial charge in [-0.2, -0.15) is 0 Å². The van der Waals surface area contributed by atoms with Crippen molar-refractivity contribution in [1.82, 2.24) is 4.98 Å². The molecule has 0 saturated heterocycles. The van der Waals surface area contributed by atoms with Crippen molar-refractivity contribution in [3.05, 3.63) is 78.6 Å². The van der Waals surface area contributed by atoms with Gasteiger partial charge in [-0.25, -0.2) is 0 Å². The zero-order chi connectivity index (χ0) is 19.6. The third-order valence-electron chi connectivity index (χ3n) is 4.25. The van der Waals surface area contributed by atoms with Crippen molar-refractivity contribution in [3.63, 3.8) is 0 Å². The Balaban J connectivity index is 1.47. The minimum absolute atomic E-state index is 0.128. The van der Waals surface area contributed by atoms with Gasteiger partial charge in [-0.15, -0.1) is 0 Å². The van der Waals surface area contributed by atoms with E-state index in [2.05, 4.69) is 11.1 Å². The normalized spacial score (nSPS) is 10.4. The fraction of sp³-hybridized carbons (Fsp3) is 0.217. The van der Waals surface area contributed by atoms with Crippen molar-refractivity contribution in [2.75, 3.05) is 13.2 Å². The summed E-state index contributed by atoms with van der Waals surface area (Å²) < 4.78 is 11.2. The maximum atomic E-state index is 10.8. The maximum absolute atomic E-state index is 10.8. The van der Waals surface area contributed by atoms with Gasteiger partial charge >= 0.3 is 0 Å². The van der Waals surface area contributed by atoms with Gasteiger partial charge < -0.3 is 15.2 Å². The molecule has 2 N–H and O–H groups in total. The number of unbranched alkanes of at least 4 members (excludes halogenated alkanes) is 1. The molecule has 5 heteroatoms. The Kier molecular flexibility index (Phi) is 7.01. The van der Waals surface area contributed by atoms with Gasteiger partial charge in [-0.05, 0) is 66.3 Å². The average Bonchev–Trinajstić information content (AvgIpc) is 2.73. The average molecular weight is 376 g/mol. The highest BCUT2D eigenvalue weighted by atomic mass is 16.5. The van der Waals surface area contributed by atoms with Gasteiger partial charge in [0, 0.05) is 12.4 Å². The van der Waals surface area contributed by atoms with Gasteiger partial charge in [0.05, 0.1) is 6.61 Å². The number of rotatable bonds is 10. The van der Waals surface area contributed by atoms with E-state index in [0.29, 0.717) is 12.4 Å². The summed E-state index contributed by atoms with van der Waals surface area (Å²) in [5.74, 6) is 0.976. The molecule has 0 bridgehead atoms. The van der Waals surface area contributed by atoms with Crippen LogP contribution in [-0.4, -0.2) is 24.1 Å². The smallest absolute Gasteiger partial charge is 0.255 e. The minimum Gasteiger partial charge on any atom is -0.494 e. The summed E-state index contributed by atoms with van der Waals surface area (Å²) in [6.45, 7) is 0.563. The number of benzene rings is 2. The lowest BCUT2D eigenvalue weighted by Crippen LogP contribution is -2.19. The molecule has 1 heterocycles. The molecule has 3 rings (SSSR count). The summed E-state index contributed by atoms with van der Waals surface area (Å²) in [6.07, 6.45) is 6.79. The van der Waals surface area contributed by atoms with E-state index < -0.39 is 5.91 Å². The van der Waals surface area contributed by atoms with E-state index in [1.807, 2.05) is 54.7 Å². The number of pyridine rings is 1. The molecule has 0 radical (unpaired) electrons. The summed E-state index contributed by atoms with van der Waals surface area (Å²) in [4.78, 5) is 15.0. The molecule has 3 aromatic rings. The molecular weight excluding hydrogens is 352 g/mol. The van der Waals surface area contributed by atoms with Crippen LogP contribution in [0.25, 0.3) is 11.1 Å². The quantitative estimate of drug-likeness (QED) is 0.543. The van der Waals surface area contributed by atoms with E-state index in [0.717, 1.165) is 36.1 Å². The first kappa shape index (κ1) is 19.4. The van der Waals surface area contributed by atoms with Crippen molar-refractivity contribution in [3.8, 4) is 22.6 Å². The van der Waals surface area contributed by atoms with E-state index in [9.17, 15) is 4.79 Å². The third kappa shape index (κ3) is 6.13. The van der Waals surface area contributed by atoms with Gasteiger partial charge in [0.15, 0.2) is 6.61 Å². The van der Waals surface area contributed by atoms with Crippen molar-refractivity contribution in [2.24, 2.45) is 5.73 Å². The van der Waals surface area contributed by atoms with Crippen molar-refractivity contribution < 1.29 is 14.3 Å². The van der Waals surface area contributed by atoms with Crippen LogP contribution in [0, 0.1) is 0 Å². The molecule has 144 valence electrons. The van der Waals surface area contributed by atoms with E-state index in [1.54, 1.807) is 12.3 Å². The van der Waals surface area contributed by atoms with Crippen LogP contribution in [-0.2, 0) is 11.2 Å². The predicted octanol–water partition coefficient (Wildman–Crippen LogP) is 4.01. The molecule has 1 aromatic heterocycles. The molecule has 0 saturated carbocycles. The van der Waals surface area contributed by atoms with E-state index >= 15 is 0 Å². The summed E-state index contributed by atoms with van der Waals surface area (Å²) in [6, 6.07) is 19.6. The number of hydrogen-bond acceptors (Lipinski definition) is 4. The first-order chi connectivity index (χ1) is 13.7. The Labute approximate surface area is 165 Å². The van der Waals surface area contributed by atoms with Crippen LogP contribution in [0.5, 0.6) is 11.5 Å². The van der Waals surface area contributed by atoms with Gasteiger partial charge in [0.25, 0.3) is 5.91 Å². The van der Waals surface area contributed by atoms with Crippen molar-refractivity contribution >= 4 is 5.91 Å². The molecule has 0 aliphatic carbocycles. The molecule has 28 heavy (non-hydrogen) atoms. The number of carbonyl (C=O) groups excluding carboxylic acids is 1. The van der Waals surface area contributed by atoms with Crippen LogP contribution in [0.15, 0.2) is 73.1 Å². The number of aromatic nitrogens is 1. The predicted molar refractivity (Wildman–Crippen MR) is 109 cm³/mol. The standard InChI is InChI=1S/C23H24N2O3/c24-23(26)17-28-22-8-3-7-20(15-22)19-9-11-21(12-10-19)27-14-2-1-5-18-6-4-13-25-16-18/h3-4,6-13,15-16H,1-2,5,14,17H2,(H2,24,26). The Morgan fingerprint density at radius 1 is 0.893 bits per heavy atom. The molecule has 0 atom stereocenters. The highest BCUT2D eigenvalue weighted by Crippen LogP contribution is 2.26. The van der Waals surface area contributed by atoms with E-state index in [1.165, 1.54) is 5.56 Å². The number of primary amides is 1. The van der Waals surface area contributed by atoms with Crippen LogP contribution in [0.3, 0.4) is 0 Å². The van der Waals surface area contributed by atoms with E-state index in [4.69, 9.17) is 15.2 Å². The second-order valence-corrected chi connectivity index (χ2v) is 6.47. The third-order valence-corrected chi connectivity index (χ3v) is 4.25. The zero-order valence-electron chi connectivity index (χ0n) is 15.7. The first-order valence-electron chi connectivity index (χ1n) is 9.34. The number of hydrogen-bond donors (Lipinski definition) is 1. The Morgan fingerprint density at radius 2 is 1.75 bits per heavy atom. The molecule has 1 amide bonds. The highest BCUT2D eigenvalue weighted by molar-refractivity contribution is 5.75. The number of nitrogens with two attached hydrogens (primary N) is 1. The molecule has 0 unspecified atom stereocenters. The number of nitrogens with zero attached hydrogens (tertiary/aromatic N) is 1. The van der Waals surface area contributed by atoms with Crippen molar-refractivity contribution in [1.29, 1.82) is 0 Å². The Bertz CT molecular complexity index is 880. The van der Waals surface area contributed by atoms with Gasteiger partial charge in [-0.3, -0.25) is 9.78 Å². The van der Waals surface area contributed by atoms with Crippen LogP contribution >= 0.6 is 0 Å². The molecule has 2 aromatic carbocycles. The Hall–Kier alpha value is -3.34. The molecule has 0 aliphatic heterocycles. The van der Waals surface area contributed by atoms with Crippen LogP contribution in [0.2, 0.25) is 0 Å². The minimum atomic E-state index is -0.493. The highest BCUT2D eigenvalue weighted by Gasteiger charge is 2.03. The number of aryl methyl sites for hydroxylation is 1. The fourth-order valence-electron chi connectivity index (χ4n) is 2.83. The van der Waals surface area contributed by atoms with Crippen LogP contribution < -0.4 is 15.2 Å². The van der Waals surface area contributed by atoms with E-state index in [-0.39, 0.29) is 6.61 Å². The summed E-state index contributed by atoms with van der Waals surface area (Å²) >= 11 is 0. The Morgan fingerprint density at radius 3 is 2.50 bits per heavy atom. The molecular formula is C23H24N2O3. The number of amides is 1. The fourth-order valence-corrected chi connectivity index (χ4v) is 2.83. The topological polar surface area (TPSA) is 74.4 Å². The summed E-state index contributed by atoms with van der Waals surface area (Å²) in [5.41, 5.74) is 8.43. The monoisotopic (exact) mass is 376 g/mol. The van der Waals surface area contributed by atoms with Crippen molar-refractivity contribution in [2.45, 2.75) is 19.3 Å². The van der Waals surface area contributed by atoms with Crippen LogP contribution in [0.4, 0.5) is 0 Å². The number of ether oxygens (including phenoxy) is 2. The first-order valence-corrected chi connectivity index (χ1v) is 9.34. The van der Waals surface area contributed by atoms with Gasteiger partial charge in [0.2, 0.25) is 0 Å². The van der Waals surface area contributed by atoms with Gasteiger partial charge in [-0.1, -0.05) is 30.3 Å². The SMILES string of the molecule is NC(=O)COc1cccc(-c2ccc(OCCCCc3cccnc3)cc2)c1. The maximum Gasteiger partial charge on any atom is 0.255 e. The number of carbonyl (C=O) groups is 1. The van der Waals surface area contributed by atoms with Crippen LogP contribution in [0.1, 0.15) is 18.4 Å². The zero-order valence-corrected chi connectivity index (χ0v) is 15.7.